The van der Waals surface area contributed by atoms with Crippen LogP contribution in [0.25, 0.3) is 39.2 Å². The molecule has 90 heavy (non-hydrogen) atoms. The molecule has 4 heterocycles. The van der Waals surface area contributed by atoms with Crippen molar-refractivity contribution in [1.29, 1.82) is 0 Å². The third kappa shape index (κ3) is 14.0. The Morgan fingerprint density at radius 1 is 0.667 bits per heavy atom. The molecule has 11 rings (SSSR count). The van der Waals surface area contributed by atoms with Crippen molar-refractivity contribution in [2.24, 2.45) is 34.3 Å². The summed E-state index contributed by atoms with van der Waals surface area (Å²) >= 11 is 0. The summed E-state index contributed by atoms with van der Waals surface area (Å²) in [4.78, 5) is 35.9. The number of ketones is 2. The molecule has 2 fully saturated rings. The first-order valence-corrected chi connectivity index (χ1v) is 28.4. The lowest BCUT2D eigenvalue weighted by Gasteiger charge is -2.20. The molecule has 7 aromatic rings. The van der Waals surface area contributed by atoms with Crippen LogP contribution in [0.4, 0.5) is 61.5 Å². The number of aromatic nitrogens is 4. The molecule has 3 unspecified atom stereocenters. The SMILES string of the molecule is C=C(N)c1cc(-c2cccnc2[C@@H](CC(=O)C[N+]2=C3C(C(C(F)(F)F)=N2)C2CC2C3(F)F)Cc2cc(F)cc(F)c2)ccc1F.C=C(N)c1cc(-c2cccnc2[C@@H](CC(=O)Cn2cc(C3=CCCCC3)c(C(F)(F)F)n2)Cc2cc(F)cc(F)c2)ccc1F. The maximum Gasteiger partial charge on any atom is 0.436 e. The van der Waals surface area contributed by atoms with Crippen molar-refractivity contribution in [3.63, 3.8) is 0 Å². The first-order chi connectivity index (χ1) is 42.5. The van der Waals surface area contributed by atoms with Gasteiger partial charge in [-0.05, 0) is 139 Å². The second-order valence-corrected chi connectivity index (χ2v) is 22.7. The summed E-state index contributed by atoms with van der Waals surface area (Å²) in [5, 5.41) is 7.20. The number of allylic oxidation sites excluding steroid dienone is 2. The molecule has 0 bridgehead atoms. The number of Topliss-reactive ketones (excluding diaryl/α,β-unsaturated/α-hetero) is 2. The number of rotatable bonds is 19. The van der Waals surface area contributed by atoms with Crippen molar-refractivity contribution in [3.05, 3.63) is 215 Å². The lowest BCUT2D eigenvalue weighted by Crippen LogP contribution is -2.39. The van der Waals surface area contributed by atoms with Gasteiger partial charge in [-0.15, -0.1) is 0 Å². The van der Waals surface area contributed by atoms with E-state index in [9.17, 15) is 62.3 Å². The van der Waals surface area contributed by atoms with Gasteiger partial charge < -0.3 is 11.5 Å². The molecule has 0 spiro atoms. The van der Waals surface area contributed by atoms with Crippen molar-refractivity contribution >= 4 is 40.0 Å². The fourth-order valence-electron chi connectivity index (χ4n) is 12.3. The third-order valence-corrected chi connectivity index (χ3v) is 16.2. The topological polar surface area (TPSA) is 145 Å². The van der Waals surface area contributed by atoms with Crippen LogP contribution in [0.15, 0.2) is 140 Å². The van der Waals surface area contributed by atoms with Gasteiger partial charge in [-0.25, -0.2) is 26.3 Å². The zero-order valence-corrected chi connectivity index (χ0v) is 47.6. The van der Waals surface area contributed by atoms with Gasteiger partial charge in [0.25, 0.3) is 5.71 Å². The van der Waals surface area contributed by atoms with Crippen LogP contribution in [0.3, 0.4) is 0 Å². The van der Waals surface area contributed by atoms with Gasteiger partial charge in [-0.3, -0.25) is 24.2 Å². The van der Waals surface area contributed by atoms with Gasteiger partial charge in [0.15, 0.2) is 11.5 Å². The summed E-state index contributed by atoms with van der Waals surface area (Å²) in [6, 6.07) is 20.6. The number of fused-ring (bicyclic) bond motifs is 3. The molecule has 4 aromatic carbocycles. The Balaban J connectivity index is 0.000000198. The van der Waals surface area contributed by atoms with Gasteiger partial charge in [0.05, 0.1) is 17.9 Å². The second kappa shape index (κ2) is 25.4. The number of hydrogen-bond donors (Lipinski definition) is 2. The molecule has 0 saturated heterocycles. The van der Waals surface area contributed by atoms with E-state index in [0.717, 1.165) is 53.9 Å². The summed E-state index contributed by atoms with van der Waals surface area (Å²) < 4.78 is 200. The monoisotopic (exact) mass is 1260 g/mol. The standard InChI is InChI=1S/C34H30F6N4O.C32H25F8N4O/c1-20(41)29-16-23(9-10-31(29)37)28-8-5-11-42-32(28)24(12-21-13-25(35)17-26(36)14-21)15-27(45)18-44-19-30(22-6-3-2-4-7-22)33(43-44)34(38,39)40;1-15(41)23-11-17(4-5-26(23)35)22-3-2-6-42-28(22)18(7-16-8-19(33)12-20(34)9-16)10-21(45)14-44-30-27(29(43-44)32(38,39)40)24-13-25(24)31(30,36)37/h5-6,8-11,13-14,16-17,19,24H,1-4,7,12,15,18,41H2;2-6,8-9,11-12,18,24-25,27H,1,7,10,13-14,41H2/q;+1/t24-;18-,24?,25?,27?/m11/s1. The third-order valence-electron chi connectivity index (χ3n) is 16.2. The molecule has 3 aromatic heterocycles. The van der Waals surface area contributed by atoms with Crippen LogP contribution in [0.5, 0.6) is 0 Å². The second-order valence-electron chi connectivity index (χ2n) is 22.7. The summed E-state index contributed by atoms with van der Waals surface area (Å²) in [5.41, 5.74) is 11.7. The molecule has 4 N–H and O–H groups in total. The van der Waals surface area contributed by atoms with Gasteiger partial charge in [-0.2, -0.15) is 40.2 Å². The molecule has 24 heteroatoms. The number of halogens is 14. The van der Waals surface area contributed by atoms with Crippen molar-refractivity contribution in [1.82, 2.24) is 19.7 Å². The lowest BCUT2D eigenvalue weighted by molar-refractivity contribution is -0.524. The Morgan fingerprint density at radius 3 is 1.64 bits per heavy atom. The maximum atomic E-state index is 15.1. The molecular formula is C66H55F14N8O2+. The minimum absolute atomic E-state index is 0.00237. The van der Waals surface area contributed by atoms with E-state index < -0.39 is 131 Å². The number of hydrazone groups is 1. The van der Waals surface area contributed by atoms with Crippen LogP contribution in [0.1, 0.15) is 102 Å². The first kappa shape index (κ1) is 63.9. The number of hydrogen-bond acceptors (Lipinski definition) is 8. The Bertz CT molecular complexity index is 4050. The van der Waals surface area contributed by atoms with E-state index >= 15 is 8.78 Å². The van der Waals surface area contributed by atoms with E-state index in [0.29, 0.717) is 57.1 Å². The number of alkyl halides is 8. The Labute approximate surface area is 506 Å². The predicted octanol–water partition coefficient (Wildman–Crippen LogP) is 14.9. The van der Waals surface area contributed by atoms with Crippen molar-refractivity contribution in [2.75, 3.05) is 6.54 Å². The highest BCUT2D eigenvalue weighted by Gasteiger charge is 2.78. The summed E-state index contributed by atoms with van der Waals surface area (Å²) in [5.74, 6) is -14.8. The average molecular weight is 1260 g/mol. The number of benzene rings is 4. The molecular weight excluding hydrogens is 1200 g/mol. The highest BCUT2D eigenvalue weighted by atomic mass is 19.4. The number of carbonyl (C=O) groups is 2. The number of nitrogens with two attached hydrogens (primary N) is 2. The minimum atomic E-state index is -4.96. The Morgan fingerprint density at radius 2 is 1.18 bits per heavy atom. The van der Waals surface area contributed by atoms with E-state index in [1.807, 2.05) is 0 Å². The summed E-state index contributed by atoms with van der Waals surface area (Å²) in [7, 11) is 0. The molecule has 0 amide bonds. The van der Waals surface area contributed by atoms with Crippen LogP contribution in [-0.4, -0.2) is 66.1 Å². The fraction of sp³-hybridized carbons (Fsp3) is 0.288. The van der Waals surface area contributed by atoms with Crippen LogP contribution in [0, 0.1) is 52.7 Å². The van der Waals surface area contributed by atoms with Gasteiger partial charge in [0, 0.05) is 106 Å². The average Bonchev–Trinajstić information content (AvgIpc) is 1.52. The van der Waals surface area contributed by atoms with Gasteiger partial charge in [-0.1, -0.05) is 48.2 Å². The maximum absolute atomic E-state index is 15.1. The summed E-state index contributed by atoms with van der Waals surface area (Å²) in [6.45, 7) is 5.84. The Kier molecular flexibility index (Phi) is 18.1. The first-order valence-electron chi connectivity index (χ1n) is 28.4. The fourth-order valence-corrected chi connectivity index (χ4v) is 12.3. The van der Waals surface area contributed by atoms with Crippen molar-refractivity contribution in [3.8, 4) is 22.3 Å². The van der Waals surface area contributed by atoms with Crippen LogP contribution < -0.4 is 11.5 Å². The largest absolute Gasteiger partial charge is 0.436 e. The zero-order valence-electron chi connectivity index (χ0n) is 47.6. The molecule has 5 atom stereocenters. The van der Waals surface area contributed by atoms with Crippen molar-refractivity contribution in [2.45, 2.75) is 94.4 Å². The van der Waals surface area contributed by atoms with E-state index in [-0.39, 0.29) is 70.6 Å². The number of pyridine rings is 2. The van der Waals surface area contributed by atoms with Crippen molar-refractivity contribution < 1.29 is 75.7 Å². The number of nitrogens with zero attached hydrogens (tertiary/aromatic N) is 6. The van der Waals surface area contributed by atoms with E-state index in [2.05, 4.69) is 33.3 Å². The van der Waals surface area contributed by atoms with E-state index in [1.165, 1.54) is 48.9 Å². The van der Waals surface area contributed by atoms with Gasteiger partial charge in [0.2, 0.25) is 18.0 Å². The van der Waals surface area contributed by atoms with Crippen LogP contribution in [0.2, 0.25) is 0 Å². The molecule has 2 saturated carbocycles. The van der Waals surface area contributed by atoms with Crippen LogP contribution >= 0.6 is 0 Å². The molecule has 0 radical (unpaired) electrons. The molecule has 4 aliphatic rings. The Hall–Kier alpha value is -9.09. The van der Waals surface area contributed by atoms with Gasteiger partial charge in [0.1, 0.15) is 40.8 Å². The molecule has 468 valence electrons. The molecule has 10 nitrogen and oxygen atoms in total. The number of carbonyl (C=O) groups excluding carboxylic acids is 2. The zero-order chi connectivity index (χ0) is 64.7. The van der Waals surface area contributed by atoms with E-state index in [1.54, 1.807) is 30.3 Å². The lowest BCUT2D eigenvalue weighted by atomic mass is 9.86. The quantitative estimate of drug-likeness (QED) is 0.0606. The highest BCUT2D eigenvalue weighted by molar-refractivity contribution is 6.15. The molecule has 3 aliphatic carbocycles. The summed E-state index contributed by atoms with van der Waals surface area (Å²) in [6.07, 6.45) is -1.87. The normalized spacial score (nSPS) is 18.2. The molecule has 1 aliphatic heterocycles. The van der Waals surface area contributed by atoms with E-state index in [4.69, 9.17) is 11.5 Å². The minimum Gasteiger partial charge on any atom is -0.399 e. The van der Waals surface area contributed by atoms with Crippen LogP contribution in [-0.2, 0) is 35.2 Å². The smallest absolute Gasteiger partial charge is 0.399 e. The highest BCUT2D eigenvalue weighted by Crippen LogP contribution is 2.63. The predicted molar refractivity (Wildman–Crippen MR) is 308 cm³/mol. The van der Waals surface area contributed by atoms with Gasteiger partial charge >= 0.3 is 18.3 Å².